The Morgan fingerprint density at radius 3 is 2.53 bits per heavy atom. The largest absolute Gasteiger partial charge is 0.338 e. The van der Waals surface area contributed by atoms with Crippen LogP contribution in [0, 0.1) is 0 Å². The van der Waals surface area contributed by atoms with Gasteiger partial charge in [-0.25, -0.2) is 4.98 Å². The van der Waals surface area contributed by atoms with Crippen LogP contribution in [0.25, 0.3) is 0 Å². The van der Waals surface area contributed by atoms with Crippen molar-refractivity contribution in [1.82, 2.24) is 9.88 Å². The molecule has 1 aromatic rings. The Morgan fingerprint density at radius 2 is 2.07 bits per heavy atom. The molecule has 0 N–H and O–H groups in total. The number of carbonyl (C=O) groups is 1. The summed E-state index contributed by atoms with van der Waals surface area (Å²) in [5.41, 5.74) is 0.439. The third-order valence-electron chi connectivity index (χ3n) is 2.11. The summed E-state index contributed by atoms with van der Waals surface area (Å²) in [5.74, 6) is -0.0793. The Morgan fingerprint density at radius 1 is 1.47 bits per heavy atom. The van der Waals surface area contributed by atoms with E-state index in [2.05, 4.69) is 36.8 Å². The van der Waals surface area contributed by atoms with Gasteiger partial charge < -0.3 is 4.90 Å². The molecule has 0 radical (unpaired) electrons. The van der Waals surface area contributed by atoms with Crippen molar-refractivity contribution in [3.8, 4) is 0 Å². The van der Waals surface area contributed by atoms with Gasteiger partial charge in [0.15, 0.2) is 0 Å². The van der Waals surface area contributed by atoms with Crippen molar-refractivity contribution in [1.29, 1.82) is 0 Å². The monoisotopic (exact) mass is 334 g/mol. The van der Waals surface area contributed by atoms with E-state index in [9.17, 15) is 4.79 Å². The molecule has 0 aromatic carbocycles. The maximum absolute atomic E-state index is 11.9. The Hall–Kier alpha value is -0.420. The topological polar surface area (TPSA) is 33.2 Å². The summed E-state index contributed by atoms with van der Waals surface area (Å²) in [6.45, 7) is 3.93. The average Bonchev–Trinajstić information content (AvgIpc) is 2.15. The molecule has 0 bridgehead atoms. The molecule has 0 aliphatic heterocycles. The molecule has 5 heteroatoms. The normalized spacial score (nSPS) is 10.5. The fraction of sp³-hybridized carbons (Fsp3) is 0.400. The molecular weight excluding hydrogens is 324 g/mol. The van der Waals surface area contributed by atoms with Gasteiger partial charge in [0.05, 0.1) is 4.47 Å². The van der Waals surface area contributed by atoms with Gasteiger partial charge in [-0.05, 0) is 51.8 Å². The zero-order valence-electron chi connectivity index (χ0n) is 8.79. The molecule has 0 aliphatic carbocycles. The van der Waals surface area contributed by atoms with Crippen molar-refractivity contribution >= 4 is 37.8 Å². The highest BCUT2D eigenvalue weighted by atomic mass is 79.9. The van der Waals surface area contributed by atoms with Crippen LogP contribution in [0.5, 0.6) is 0 Å². The van der Waals surface area contributed by atoms with E-state index in [-0.39, 0.29) is 11.9 Å². The van der Waals surface area contributed by atoms with Crippen LogP contribution in [0.2, 0.25) is 0 Å². The van der Waals surface area contributed by atoms with Gasteiger partial charge in [-0.15, -0.1) is 0 Å². The lowest BCUT2D eigenvalue weighted by molar-refractivity contribution is 0.0748. The van der Waals surface area contributed by atoms with Crippen LogP contribution >= 0.6 is 31.9 Å². The molecule has 0 saturated carbocycles. The quantitative estimate of drug-likeness (QED) is 0.832. The second-order valence-electron chi connectivity index (χ2n) is 3.49. The summed E-state index contributed by atoms with van der Waals surface area (Å²) in [6.07, 6.45) is 1.62. The van der Waals surface area contributed by atoms with E-state index in [0.29, 0.717) is 10.2 Å². The second kappa shape index (κ2) is 5.07. The van der Waals surface area contributed by atoms with Crippen LogP contribution < -0.4 is 0 Å². The molecule has 0 saturated heterocycles. The van der Waals surface area contributed by atoms with Gasteiger partial charge >= 0.3 is 0 Å². The molecule has 82 valence electrons. The molecule has 0 spiro atoms. The molecule has 1 aromatic heterocycles. The minimum Gasteiger partial charge on any atom is -0.338 e. The van der Waals surface area contributed by atoms with E-state index in [1.165, 1.54) is 0 Å². The Balaban J connectivity index is 3.01. The van der Waals surface area contributed by atoms with Gasteiger partial charge in [-0.3, -0.25) is 4.79 Å². The molecular formula is C10H12Br2N2O. The summed E-state index contributed by atoms with van der Waals surface area (Å²) in [4.78, 5) is 17.7. The van der Waals surface area contributed by atoms with E-state index < -0.39 is 0 Å². The second-order valence-corrected chi connectivity index (χ2v) is 5.26. The molecule has 0 unspecified atom stereocenters. The van der Waals surface area contributed by atoms with E-state index >= 15 is 0 Å². The van der Waals surface area contributed by atoms with Gasteiger partial charge in [0.25, 0.3) is 5.91 Å². The number of halogens is 2. The standard InChI is InChI=1S/C10H12Br2N2O/c1-6(2)14(3)10(15)9-8(12)4-7(11)5-13-9/h4-6H,1-3H3. The van der Waals surface area contributed by atoms with Crippen LogP contribution in [0.3, 0.4) is 0 Å². The number of amides is 1. The van der Waals surface area contributed by atoms with Gasteiger partial charge in [0.1, 0.15) is 5.69 Å². The highest BCUT2D eigenvalue weighted by molar-refractivity contribution is 9.11. The SMILES string of the molecule is CC(C)N(C)C(=O)c1ncc(Br)cc1Br. The van der Waals surface area contributed by atoms with Crippen molar-refractivity contribution in [2.45, 2.75) is 19.9 Å². The minimum absolute atomic E-state index is 0.0793. The van der Waals surface area contributed by atoms with Gasteiger partial charge in [0, 0.05) is 23.8 Å². The van der Waals surface area contributed by atoms with Crippen molar-refractivity contribution in [3.63, 3.8) is 0 Å². The van der Waals surface area contributed by atoms with Crippen LogP contribution in [0.1, 0.15) is 24.3 Å². The maximum atomic E-state index is 11.9. The highest BCUT2D eigenvalue weighted by Gasteiger charge is 2.18. The number of pyridine rings is 1. The molecule has 0 fully saturated rings. The lowest BCUT2D eigenvalue weighted by Gasteiger charge is -2.21. The van der Waals surface area contributed by atoms with Crippen LogP contribution in [-0.2, 0) is 0 Å². The molecule has 3 nitrogen and oxygen atoms in total. The maximum Gasteiger partial charge on any atom is 0.273 e. The van der Waals surface area contributed by atoms with Crippen molar-refractivity contribution in [3.05, 3.63) is 26.9 Å². The van der Waals surface area contributed by atoms with E-state index in [1.54, 1.807) is 18.1 Å². The molecule has 1 amide bonds. The number of aromatic nitrogens is 1. The predicted octanol–water partition coefficient (Wildman–Crippen LogP) is 3.09. The lowest BCUT2D eigenvalue weighted by Crippen LogP contribution is -2.33. The first-order valence-electron chi connectivity index (χ1n) is 4.51. The highest BCUT2D eigenvalue weighted by Crippen LogP contribution is 2.20. The van der Waals surface area contributed by atoms with Gasteiger partial charge in [-0.1, -0.05) is 0 Å². The summed E-state index contributed by atoms with van der Waals surface area (Å²) < 4.78 is 1.55. The molecule has 1 heterocycles. The van der Waals surface area contributed by atoms with E-state index in [4.69, 9.17) is 0 Å². The lowest BCUT2D eigenvalue weighted by atomic mass is 10.3. The summed E-state index contributed by atoms with van der Waals surface area (Å²) >= 11 is 6.62. The Kier molecular flexibility index (Phi) is 4.28. The zero-order chi connectivity index (χ0) is 11.6. The number of hydrogen-bond donors (Lipinski definition) is 0. The third kappa shape index (κ3) is 3.01. The van der Waals surface area contributed by atoms with E-state index in [0.717, 1.165) is 4.47 Å². The Labute approximate surface area is 106 Å². The van der Waals surface area contributed by atoms with Crippen molar-refractivity contribution < 1.29 is 4.79 Å². The minimum atomic E-state index is -0.0793. The smallest absolute Gasteiger partial charge is 0.273 e. The molecule has 0 atom stereocenters. The number of nitrogens with zero attached hydrogens (tertiary/aromatic N) is 2. The first-order chi connectivity index (χ1) is 6.93. The first-order valence-corrected chi connectivity index (χ1v) is 6.10. The average molecular weight is 336 g/mol. The molecule has 1 rings (SSSR count). The molecule has 0 aliphatic rings. The number of rotatable bonds is 2. The number of hydrogen-bond acceptors (Lipinski definition) is 2. The third-order valence-corrected chi connectivity index (χ3v) is 3.14. The zero-order valence-corrected chi connectivity index (χ0v) is 12.0. The number of carbonyl (C=O) groups excluding carboxylic acids is 1. The predicted molar refractivity (Wildman–Crippen MR) is 66.9 cm³/mol. The van der Waals surface area contributed by atoms with Crippen LogP contribution in [-0.4, -0.2) is 28.9 Å². The summed E-state index contributed by atoms with van der Waals surface area (Å²) in [6, 6.07) is 1.98. The van der Waals surface area contributed by atoms with Crippen molar-refractivity contribution in [2.24, 2.45) is 0 Å². The van der Waals surface area contributed by atoms with Crippen molar-refractivity contribution in [2.75, 3.05) is 7.05 Å². The molecule has 15 heavy (non-hydrogen) atoms. The van der Waals surface area contributed by atoms with Gasteiger partial charge in [-0.2, -0.15) is 0 Å². The van der Waals surface area contributed by atoms with Crippen LogP contribution in [0.15, 0.2) is 21.2 Å². The van der Waals surface area contributed by atoms with E-state index in [1.807, 2.05) is 19.9 Å². The summed E-state index contributed by atoms with van der Waals surface area (Å²) in [5, 5.41) is 0. The Bertz CT molecular complexity index is 380. The van der Waals surface area contributed by atoms with Gasteiger partial charge in [0.2, 0.25) is 0 Å². The summed E-state index contributed by atoms with van der Waals surface area (Å²) in [7, 11) is 1.77. The fourth-order valence-corrected chi connectivity index (χ4v) is 2.13. The fourth-order valence-electron chi connectivity index (χ4n) is 0.973. The van der Waals surface area contributed by atoms with Crippen LogP contribution in [0.4, 0.5) is 0 Å². The first kappa shape index (κ1) is 12.6.